The fraction of sp³-hybridized carbons (Fsp3) is 0.875. The minimum atomic E-state index is -0.812. The van der Waals surface area contributed by atoms with E-state index in [4.69, 9.17) is 9.84 Å². The van der Waals surface area contributed by atoms with Crippen molar-refractivity contribution in [2.45, 2.75) is 24.9 Å². The zero-order chi connectivity index (χ0) is 8.82. The van der Waals surface area contributed by atoms with Crippen molar-refractivity contribution in [2.75, 3.05) is 13.3 Å². The second-order valence-corrected chi connectivity index (χ2v) is 4.03. The Morgan fingerprint density at radius 2 is 2.25 bits per heavy atom. The molecule has 0 aromatic rings. The Kier molecular flexibility index (Phi) is 1.46. The average Bonchev–Trinajstić information content (AvgIpc) is 2.40. The Morgan fingerprint density at radius 1 is 1.58 bits per heavy atom. The molecule has 2 saturated heterocycles. The summed E-state index contributed by atoms with van der Waals surface area (Å²) in [6.07, 6.45) is 1.29. The van der Waals surface area contributed by atoms with Gasteiger partial charge in [-0.15, -0.1) is 0 Å². The summed E-state index contributed by atoms with van der Waals surface area (Å²) in [6, 6.07) is 0. The highest BCUT2D eigenvalue weighted by Crippen LogP contribution is 2.59. The molecule has 0 spiro atoms. The van der Waals surface area contributed by atoms with Gasteiger partial charge in [-0.1, -0.05) is 0 Å². The van der Waals surface area contributed by atoms with Crippen LogP contribution in [-0.2, 0) is 9.53 Å². The maximum atomic E-state index is 12.4. The van der Waals surface area contributed by atoms with E-state index in [1.165, 1.54) is 0 Å². The smallest absolute Gasteiger partial charge is 0.303 e. The third kappa shape index (κ3) is 0.941. The van der Waals surface area contributed by atoms with Gasteiger partial charge in [-0.05, 0) is 12.8 Å². The van der Waals surface area contributed by atoms with E-state index >= 15 is 0 Å². The number of rotatable bonds is 3. The summed E-state index contributed by atoms with van der Waals surface area (Å²) in [5.41, 5.74) is -0.840. The first-order valence-electron chi connectivity index (χ1n) is 4.02. The van der Waals surface area contributed by atoms with Crippen LogP contribution < -0.4 is 0 Å². The highest BCUT2D eigenvalue weighted by Gasteiger charge is 2.62. The van der Waals surface area contributed by atoms with Crippen LogP contribution in [0.4, 0.5) is 4.39 Å². The molecule has 2 bridgehead atoms. The van der Waals surface area contributed by atoms with Gasteiger partial charge in [-0.2, -0.15) is 0 Å². The molecule has 3 fully saturated rings. The van der Waals surface area contributed by atoms with Crippen LogP contribution in [-0.4, -0.2) is 30.0 Å². The number of hydrogen-bond donors (Lipinski definition) is 1. The largest absolute Gasteiger partial charge is 0.481 e. The maximum Gasteiger partial charge on any atom is 0.303 e. The lowest BCUT2D eigenvalue weighted by atomic mass is 9.61. The van der Waals surface area contributed by atoms with Gasteiger partial charge in [0.15, 0.2) is 0 Å². The molecule has 3 aliphatic rings. The minimum absolute atomic E-state index is 0.120. The van der Waals surface area contributed by atoms with Crippen LogP contribution in [0.2, 0.25) is 0 Å². The van der Waals surface area contributed by atoms with Crippen molar-refractivity contribution < 1.29 is 19.0 Å². The van der Waals surface area contributed by atoms with Gasteiger partial charge in [-0.3, -0.25) is 4.79 Å². The molecular formula is C8H11FO3. The standard InChI is InChI=1S/C8H11FO3/c9-4-8-2-7(3-8,5-12-8)1-6(10)11/h1-5H2,(H,10,11). The molecule has 1 N–H and O–H groups in total. The van der Waals surface area contributed by atoms with E-state index in [0.717, 1.165) is 0 Å². The Morgan fingerprint density at radius 3 is 2.67 bits per heavy atom. The maximum absolute atomic E-state index is 12.4. The molecule has 0 aromatic carbocycles. The Bertz CT molecular complexity index is 220. The first-order chi connectivity index (χ1) is 5.60. The van der Waals surface area contributed by atoms with Crippen LogP contribution in [0.5, 0.6) is 0 Å². The van der Waals surface area contributed by atoms with Crippen LogP contribution >= 0.6 is 0 Å². The van der Waals surface area contributed by atoms with Crippen molar-refractivity contribution in [3.63, 3.8) is 0 Å². The predicted molar refractivity (Wildman–Crippen MR) is 38.6 cm³/mol. The van der Waals surface area contributed by atoms with Gasteiger partial charge in [0.1, 0.15) is 6.67 Å². The van der Waals surface area contributed by atoms with Gasteiger partial charge in [0, 0.05) is 5.41 Å². The van der Waals surface area contributed by atoms with Crippen molar-refractivity contribution in [1.82, 2.24) is 0 Å². The lowest BCUT2D eigenvalue weighted by Crippen LogP contribution is -2.46. The lowest BCUT2D eigenvalue weighted by molar-refractivity contribution is -0.141. The molecule has 0 atom stereocenters. The number of hydrogen-bond acceptors (Lipinski definition) is 2. The number of carbonyl (C=O) groups is 1. The van der Waals surface area contributed by atoms with Crippen molar-refractivity contribution in [3.8, 4) is 0 Å². The summed E-state index contributed by atoms with van der Waals surface area (Å²) >= 11 is 0. The fourth-order valence-electron chi connectivity index (χ4n) is 2.46. The first kappa shape index (κ1) is 7.98. The molecule has 0 unspecified atom stereocenters. The van der Waals surface area contributed by atoms with Gasteiger partial charge in [0.2, 0.25) is 0 Å². The van der Waals surface area contributed by atoms with Crippen molar-refractivity contribution >= 4 is 5.97 Å². The van der Waals surface area contributed by atoms with Crippen LogP contribution in [0, 0.1) is 5.41 Å². The van der Waals surface area contributed by atoms with Crippen LogP contribution in [0.1, 0.15) is 19.3 Å². The SMILES string of the molecule is O=C(O)CC12COC(CF)(C1)C2. The topological polar surface area (TPSA) is 46.5 Å². The molecule has 12 heavy (non-hydrogen) atoms. The third-order valence-corrected chi connectivity index (χ3v) is 2.85. The monoisotopic (exact) mass is 174 g/mol. The van der Waals surface area contributed by atoms with Crippen molar-refractivity contribution in [3.05, 3.63) is 0 Å². The zero-order valence-corrected chi connectivity index (χ0v) is 6.68. The summed E-state index contributed by atoms with van der Waals surface area (Å²) < 4.78 is 17.6. The number of fused-ring (bicyclic) bond motifs is 1. The van der Waals surface area contributed by atoms with E-state index in [-0.39, 0.29) is 11.8 Å². The molecule has 2 aliphatic heterocycles. The quantitative estimate of drug-likeness (QED) is 0.693. The summed E-state index contributed by atoms with van der Waals surface area (Å²) in [5.74, 6) is -0.812. The van der Waals surface area contributed by atoms with Crippen LogP contribution in [0.25, 0.3) is 0 Å². The molecule has 0 radical (unpaired) electrons. The van der Waals surface area contributed by atoms with Gasteiger partial charge in [0.25, 0.3) is 0 Å². The van der Waals surface area contributed by atoms with E-state index in [0.29, 0.717) is 19.4 Å². The molecule has 1 saturated carbocycles. The number of aliphatic carboxylic acids is 1. The highest BCUT2D eigenvalue weighted by atomic mass is 19.1. The second kappa shape index (κ2) is 2.19. The summed E-state index contributed by atoms with van der Waals surface area (Å²) in [6.45, 7) is -0.0579. The average molecular weight is 174 g/mol. The summed E-state index contributed by atoms with van der Waals surface area (Å²) in [5, 5.41) is 8.57. The van der Waals surface area contributed by atoms with Crippen molar-refractivity contribution in [2.24, 2.45) is 5.41 Å². The normalized spacial score (nSPS) is 44.1. The van der Waals surface area contributed by atoms with Gasteiger partial charge in [0.05, 0.1) is 18.6 Å². The van der Waals surface area contributed by atoms with E-state index in [9.17, 15) is 9.18 Å². The number of alkyl halides is 1. The number of carboxylic acid groups (broad SMARTS) is 1. The van der Waals surface area contributed by atoms with Crippen LogP contribution in [0.3, 0.4) is 0 Å². The third-order valence-electron chi connectivity index (χ3n) is 2.85. The second-order valence-electron chi connectivity index (χ2n) is 4.03. The van der Waals surface area contributed by atoms with E-state index in [1.807, 2.05) is 0 Å². The summed E-state index contributed by atoms with van der Waals surface area (Å²) in [7, 11) is 0. The molecule has 0 aromatic heterocycles. The Hall–Kier alpha value is -0.640. The van der Waals surface area contributed by atoms with Gasteiger partial charge >= 0.3 is 5.97 Å². The Balaban J connectivity index is 2.00. The van der Waals surface area contributed by atoms with Gasteiger partial charge < -0.3 is 9.84 Å². The van der Waals surface area contributed by atoms with Crippen molar-refractivity contribution in [1.29, 1.82) is 0 Å². The van der Waals surface area contributed by atoms with Crippen LogP contribution in [0.15, 0.2) is 0 Å². The number of carboxylic acids is 1. The van der Waals surface area contributed by atoms with E-state index in [2.05, 4.69) is 0 Å². The molecule has 3 nitrogen and oxygen atoms in total. The first-order valence-corrected chi connectivity index (χ1v) is 4.02. The van der Waals surface area contributed by atoms with E-state index in [1.54, 1.807) is 0 Å². The number of ether oxygens (including phenoxy) is 1. The molecule has 4 heteroatoms. The summed E-state index contributed by atoms with van der Waals surface area (Å²) in [4.78, 5) is 10.4. The lowest BCUT2D eigenvalue weighted by Gasteiger charge is -2.41. The Labute approximate surface area is 69.5 Å². The highest BCUT2D eigenvalue weighted by molar-refractivity contribution is 5.68. The van der Waals surface area contributed by atoms with E-state index < -0.39 is 18.2 Å². The molecule has 1 aliphatic carbocycles. The zero-order valence-electron chi connectivity index (χ0n) is 6.68. The molecule has 0 amide bonds. The molecule has 3 rings (SSSR count). The predicted octanol–water partition coefficient (Wildman–Crippen LogP) is 0.980. The molecule has 2 heterocycles. The molecule has 68 valence electrons. The fourth-order valence-corrected chi connectivity index (χ4v) is 2.46. The van der Waals surface area contributed by atoms with Gasteiger partial charge in [-0.25, -0.2) is 4.39 Å². The minimum Gasteiger partial charge on any atom is -0.481 e. The number of halogens is 1. The molecular weight excluding hydrogens is 163 g/mol.